The largest absolute Gasteiger partial charge is 0.378 e. The normalized spacial score (nSPS) is 24.3. The van der Waals surface area contributed by atoms with Gasteiger partial charge in [0.1, 0.15) is 6.04 Å². The molecule has 4 unspecified atom stereocenters. The quantitative estimate of drug-likeness (QED) is 0.410. The zero-order valence-electron chi connectivity index (χ0n) is 24.5. The number of carbonyl (C=O) groups excluding carboxylic acids is 3. The summed E-state index contributed by atoms with van der Waals surface area (Å²) in [6.07, 6.45) is 0. The molecule has 1 aromatic heterocycles. The second kappa shape index (κ2) is 12.8. The molecule has 2 aromatic carbocycles. The van der Waals surface area contributed by atoms with Crippen molar-refractivity contribution in [2.24, 2.45) is 5.92 Å². The molecule has 0 spiro atoms. The Labute approximate surface area is 261 Å². The fourth-order valence-corrected chi connectivity index (χ4v) is 8.04. The van der Waals surface area contributed by atoms with Gasteiger partial charge in [0.2, 0.25) is 5.91 Å². The average molecular weight is 621 g/mol. The van der Waals surface area contributed by atoms with Crippen molar-refractivity contribution in [2.75, 3.05) is 52.5 Å². The highest BCUT2D eigenvalue weighted by molar-refractivity contribution is 7.10. The van der Waals surface area contributed by atoms with E-state index < -0.39 is 23.9 Å². The zero-order chi connectivity index (χ0) is 30.1. The number of ketones is 1. The first-order valence-corrected chi connectivity index (χ1v) is 16.2. The SMILES string of the molecule is Cc1ccccc1C(=O)C1C(c2sccc2C)C(C(=O)N2CCNCC2)N(C(=O)N2CCOCC2)C1c1ccc(Cl)cc1. The molecule has 4 atom stereocenters. The highest BCUT2D eigenvalue weighted by Crippen LogP contribution is 2.54. The van der Waals surface area contributed by atoms with Crippen LogP contribution in [-0.2, 0) is 9.53 Å². The number of aryl methyl sites for hydroxylation is 2. The molecule has 4 heterocycles. The predicted molar refractivity (Wildman–Crippen MR) is 168 cm³/mol. The number of carbonyl (C=O) groups is 3. The molecule has 1 N–H and O–H groups in total. The van der Waals surface area contributed by atoms with Gasteiger partial charge in [0.15, 0.2) is 5.78 Å². The summed E-state index contributed by atoms with van der Waals surface area (Å²) in [6.45, 7) is 8.14. The number of benzene rings is 2. The van der Waals surface area contributed by atoms with Gasteiger partial charge < -0.3 is 24.8 Å². The van der Waals surface area contributed by atoms with Crippen molar-refractivity contribution in [1.82, 2.24) is 20.0 Å². The van der Waals surface area contributed by atoms with Gasteiger partial charge in [0, 0.05) is 60.6 Å². The first-order chi connectivity index (χ1) is 20.9. The number of urea groups is 1. The Bertz CT molecular complexity index is 1480. The maximum Gasteiger partial charge on any atom is 0.321 e. The van der Waals surface area contributed by atoms with Crippen molar-refractivity contribution in [2.45, 2.75) is 31.8 Å². The smallest absolute Gasteiger partial charge is 0.321 e. The van der Waals surface area contributed by atoms with Gasteiger partial charge >= 0.3 is 6.03 Å². The van der Waals surface area contributed by atoms with E-state index in [1.54, 1.807) is 33.3 Å². The number of hydrogen-bond acceptors (Lipinski definition) is 6. The molecule has 3 fully saturated rings. The van der Waals surface area contributed by atoms with E-state index in [1.807, 2.05) is 66.6 Å². The Morgan fingerprint density at radius 1 is 0.884 bits per heavy atom. The average Bonchev–Trinajstić information content (AvgIpc) is 3.62. The summed E-state index contributed by atoms with van der Waals surface area (Å²) in [6, 6.07) is 15.2. The lowest BCUT2D eigenvalue weighted by Crippen LogP contribution is -2.57. The molecule has 0 bridgehead atoms. The van der Waals surface area contributed by atoms with Crippen LogP contribution in [0.5, 0.6) is 0 Å². The van der Waals surface area contributed by atoms with E-state index in [2.05, 4.69) is 5.32 Å². The third-order valence-electron chi connectivity index (χ3n) is 8.98. The van der Waals surface area contributed by atoms with Crippen LogP contribution in [0.2, 0.25) is 5.02 Å². The second-order valence-electron chi connectivity index (χ2n) is 11.5. The van der Waals surface area contributed by atoms with Crippen molar-refractivity contribution in [3.8, 4) is 0 Å². The van der Waals surface area contributed by atoms with Crippen molar-refractivity contribution in [3.63, 3.8) is 0 Å². The topological polar surface area (TPSA) is 82.2 Å². The van der Waals surface area contributed by atoms with Crippen molar-refractivity contribution in [3.05, 3.63) is 92.1 Å². The van der Waals surface area contributed by atoms with Gasteiger partial charge in [0.05, 0.1) is 25.2 Å². The van der Waals surface area contributed by atoms with Crippen LogP contribution in [0.4, 0.5) is 4.79 Å². The van der Waals surface area contributed by atoms with E-state index in [0.29, 0.717) is 63.1 Å². The van der Waals surface area contributed by atoms with Crippen molar-refractivity contribution in [1.29, 1.82) is 0 Å². The van der Waals surface area contributed by atoms with Crippen LogP contribution in [0, 0.1) is 19.8 Å². The molecule has 8 nitrogen and oxygen atoms in total. The number of likely N-dealkylation sites (tertiary alicyclic amines) is 1. The Hall–Kier alpha value is -3.24. The Morgan fingerprint density at radius 3 is 2.23 bits per heavy atom. The minimum atomic E-state index is -0.857. The third-order valence-corrected chi connectivity index (χ3v) is 10.4. The molecule has 3 aliphatic heterocycles. The molecule has 43 heavy (non-hydrogen) atoms. The molecule has 226 valence electrons. The molecule has 10 heteroatoms. The first kappa shape index (κ1) is 29.8. The number of hydrogen-bond donors (Lipinski definition) is 1. The summed E-state index contributed by atoms with van der Waals surface area (Å²) in [7, 11) is 0. The summed E-state index contributed by atoms with van der Waals surface area (Å²) in [4.78, 5) is 50.7. The highest BCUT2D eigenvalue weighted by atomic mass is 35.5. The molecule has 6 rings (SSSR count). The van der Waals surface area contributed by atoms with E-state index in [9.17, 15) is 14.4 Å². The summed E-state index contributed by atoms with van der Waals surface area (Å²) in [5.41, 5.74) is 3.28. The molecule has 3 saturated heterocycles. The van der Waals surface area contributed by atoms with Gasteiger partial charge in [0.25, 0.3) is 0 Å². The summed E-state index contributed by atoms with van der Waals surface area (Å²) < 4.78 is 5.57. The zero-order valence-corrected chi connectivity index (χ0v) is 26.1. The first-order valence-electron chi connectivity index (χ1n) is 14.9. The number of halogens is 1. The van der Waals surface area contributed by atoms with Crippen LogP contribution < -0.4 is 5.32 Å². The molecule has 3 aromatic rings. The van der Waals surface area contributed by atoms with Crippen LogP contribution >= 0.6 is 22.9 Å². The molecule has 3 aliphatic rings. The molecular weight excluding hydrogens is 584 g/mol. The Morgan fingerprint density at radius 2 is 1.58 bits per heavy atom. The van der Waals surface area contributed by atoms with Gasteiger partial charge in [-0.1, -0.05) is 48.0 Å². The van der Waals surface area contributed by atoms with Crippen LogP contribution in [0.15, 0.2) is 60.0 Å². The lowest BCUT2D eigenvalue weighted by atomic mass is 9.77. The molecule has 0 saturated carbocycles. The van der Waals surface area contributed by atoms with Crippen molar-refractivity contribution >= 4 is 40.7 Å². The third kappa shape index (κ3) is 5.71. The number of morpholine rings is 1. The van der Waals surface area contributed by atoms with Gasteiger partial charge in [-0.05, 0) is 54.1 Å². The number of Topliss-reactive ketones (excluding diaryl/α,β-unsaturated/α-hetero) is 1. The predicted octanol–water partition coefficient (Wildman–Crippen LogP) is 4.91. The Kier molecular flexibility index (Phi) is 8.86. The number of nitrogens with one attached hydrogen (secondary N) is 1. The maximum atomic E-state index is 14.9. The molecule has 3 amide bonds. The molecule has 0 radical (unpaired) electrons. The van der Waals surface area contributed by atoms with Gasteiger partial charge in [-0.15, -0.1) is 11.3 Å². The lowest BCUT2D eigenvalue weighted by molar-refractivity contribution is -0.136. The monoisotopic (exact) mass is 620 g/mol. The number of piperazine rings is 1. The number of amides is 3. The van der Waals surface area contributed by atoms with Crippen molar-refractivity contribution < 1.29 is 19.1 Å². The number of rotatable bonds is 5. The fraction of sp³-hybridized carbons (Fsp3) is 0.424. The minimum Gasteiger partial charge on any atom is -0.378 e. The van der Waals surface area contributed by atoms with E-state index in [1.165, 1.54) is 0 Å². The molecule has 0 aliphatic carbocycles. The lowest BCUT2D eigenvalue weighted by Gasteiger charge is -2.39. The number of ether oxygens (including phenoxy) is 1. The van der Waals surface area contributed by atoms with Crippen LogP contribution in [0.1, 0.15) is 43.9 Å². The summed E-state index contributed by atoms with van der Waals surface area (Å²) in [5, 5.41) is 5.90. The number of thiophene rings is 1. The maximum absolute atomic E-state index is 14.9. The van der Waals surface area contributed by atoms with Gasteiger partial charge in [-0.2, -0.15) is 0 Å². The Balaban J connectivity index is 1.59. The van der Waals surface area contributed by atoms with Crippen LogP contribution in [-0.4, -0.2) is 90.9 Å². The van der Waals surface area contributed by atoms with E-state index in [-0.39, 0.29) is 17.7 Å². The standard InChI is InChI=1S/C33H37ClN4O4S/c1-21-5-3-4-6-25(21)30(39)26-27(31-22(2)11-20-43-31)29(32(40)36-14-12-35-13-15-36)38(33(41)37-16-18-42-19-17-37)28(26)23-7-9-24(34)10-8-23/h3-11,20,26-29,35H,12-19H2,1-2H3. The van der Waals surface area contributed by atoms with Gasteiger partial charge in [-0.3, -0.25) is 9.59 Å². The number of nitrogens with zero attached hydrogens (tertiary/aromatic N) is 3. The second-order valence-corrected chi connectivity index (χ2v) is 12.9. The van der Waals surface area contributed by atoms with Crippen LogP contribution in [0.3, 0.4) is 0 Å². The minimum absolute atomic E-state index is 0.0637. The molecular formula is C33H37ClN4O4S. The van der Waals surface area contributed by atoms with Crippen LogP contribution in [0.25, 0.3) is 0 Å². The highest BCUT2D eigenvalue weighted by Gasteiger charge is 2.59. The summed E-state index contributed by atoms with van der Waals surface area (Å²) >= 11 is 7.89. The van der Waals surface area contributed by atoms with E-state index in [0.717, 1.165) is 21.6 Å². The van der Waals surface area contributed by atoms with E-state index >= 15 is 0 Å². The summed E-state index contributed by atoms with van der Waals surface area (Å²) in [5.74, 6) is -1.40. The van der Waals surface area contributed by atoms with Gasteiger partial charge in [-0.25, -0.2) is 4.79 Å². The van der Waals surface area contributed by atoms with E-state index in [4.69, 9.17) is 16.3 Å². The fourth-order valence-electron chi connectivity index (χ4n) is 6.81.